The van der Waals surface area contributed by atoms with E-state index < -0.39 is 0 Å². The quantitative estimate of drug-likeness (QED) is 0.570. The first-order valence-corrected chi connectivity index (χ1v) is 6.47. The number of rotatable bonds is 0. The first kappa shape index (κ1) is 7.27. The largest absolute Gasteiger partial charge is 0.371 e. The maximum Gasteiger partial charge on any atom is 0.0720 e. The van der Waals surface area contributed by atoms with Crippen molar-refractivity contribution >= 4 is 0 Å². The van der Waals surface area contributed by atoms with Gasteiger partial charge in [-0.05, 0) is 68.1 Å². The summed E-state index contributed by atoms with van der Waals surface area (Å²) in [5, 5.41) is 0. The van der Waals surface area contributed by atoms with Crippen LogP contribution in [0.1, 0.15) is 32.6 Å². The molecule has 5 aliphatic rings. The van der Waals surface area contributed by atoms with Crippen LogP contribution in [0.2, 0.25) is 0 Å². The Morgan fingerprint density at radius 1 is 1.07 bits per heavy atom. The van der Waals surface area contributed by atoms with Crippen molar-refractivity contribution in [3.8, 4) is 0 Å². The first-order valence-electron chi connectivity index (χ1n) is 6.47. The zero-order valence-electron chi connectivity index (χ0n) is 8.78. The first-order chi connectivity index (χ1) is 6.79. The van der Waals surface area contributed by atoms with Crippen LogP contribution in [0.4, 0.5) is 0 Å². The van der Waals surface area contributed by atoms with Crippen molar-refractivity contribution in [1.29, 1.82) is 0 Å². The molecule has 1 nitrogen and oxygen atoms in total. The Morgan fingerprint density at radius 3 is 2.71 bits per heavy atom. The Morgan fingerprint density at radius 2 is 1.86 bits per heavy atom. The monoisotopic (exact) mass is 190 g/mol. The second-order valence-corrected chi connectivity index (χ2v) is 6.68. The van der Waals surface area contributed by atoms with Crippen LogP contribution in [0.3, 0.4) is 0 Å². The van der Waals surface area contributed by atoms with Gasteiger partial charge in [-0.25, -0.2) is 0 Å². The van der Waals surface area contributed by atoms with Crippen molar-refractivity contribution in [3.63, 3.8) is 0 Å². The van der Waals surface area contributed by atoms with E-state index in [9.17, 15) is 0 Å². The Kier molecular flexibility index (Phi) is 0.942. The van der Waals surface area contributed by atoms with Crippen LogP contribution < -0.4 is 0 Å². The van der Waals surface area contributed by atoms with Gasteiger partial charge in [0.05, 0.1) is 11.7 Å². The van der Waals surface area contributed by atoms with E-state index in [2.05, 4.69) is 6.92 Å². The van der Waals surface area contributed by atoms with E-state index in [0.29, 0.717) is 11.7 Å². The fourth-order valence-electron chi connectivity index (χ4n) is 6.55. The molecule has 6 bridgehead atoms. The molecule has 14 heavy (non-hydrogen) atoms. The molecule has 5 rings (SSSR count). The average Bonchev–Trinajstić information content (AvgIpc) is 2.81. The second-order valence-electron chi connectivity index (χ2n) is 6.68. The van der Waals surface area contributed by atoms with Crippen molar-refractivity contribution in [2.24, 2.45) is 35.5 Å². The molecule has 8 atom stereocenters. The molecule has 0 aromatic carbocycles. The van der Waals surface area contributed by atoms with Crippen LogP contribution in [0.15, 0.2) is 0 Å². The molecule has 0 radical (unpaired) electrons. The third kappa shape index (κ3) is 0.493. The molecule has 4 saturated carbocycles. The summed E-state index contributed by atoms with van der Waals surface area (Å²) < 4.78 is 6.50. The highest BCUT2D eigenvalue weighted by Gasteiger charge is 2.74. The van der Waals surface area contributed by atoms with Crippen molar-refractivity contribution in [2.75, 3.05) is 0 Å². The van der Waals surface area contributed by atoms with Gasteiger partial charge in [0.1, 0.15) is 0 Å². The maximum absolute atomic E-state index is 6.50. The lowest BCUT2D eigenvalue weighted by molar-refractivity contribution is -0.162. The average molecular weight is 190 g/mol. The number of ether oxygens (including phenoxy) is 1. The summed E-state index contributed by atoms with van der Waals surface area (Å²) in [5.74, 6) is 6.20. The summed E-state index contributed by atoms with van der Waals surface area (Å²) in [6.45, 7) is 2.44. The summed E-state index contributed by atoms with van der Waals surface area (Å²) in [4.78, 5) is 0. The Balaban J connectivity index is 1.79. The summed E-state index contributed by atoms with van der Waals surface area (Å²) in [5.41, 5.74) is 0.339. The Labute approximate surface area is 85.2 Å². The molecule has 1 aliphatic heterocycles. The highest BCUT2D eigenvalue weighted by molar-refractivity contribution is 5.22. The minimum Gasteiger partial charge on any atom is -0.371 e. The molecule has 5 fully saturated rings. The maximum atomic E-state index is 6.50. The predicted octanol–water partition coefficient (Wildman–Crippen LogP) is 2.46. The standard InChI is InChI=1S/C13H18O/c1-13-8-2-3-9(13)12-7-4-6(11(8)12)5-10(7)14-13/h6-12H,2-5H2,1H3. The van der Waals surface area contributed by atoms with Gasteiger partial charge in [0.25, 0.3) is 0 Å². The molecular weight excluding hydrogens is 172 g/mol. The topological polar surface area (TPSA) is 9.23 Å². The molecule has 1 heterocycles. The van der Waals surface area contributed by atoms with Gasteiger partial charge >= 0.3 is 0 Å². The van der Waals surface area contributed by atoms with E-state index in [0.717, 1.165) is 35.5 Å². The molecule has 0 amide bonds. The Bertz CT molecular complexity index is 321. The van der Waals surface area contributed by atoms with Gasteiger partial charge in [-0.2, -0.15) is 0 Å². The number of hydrogen-bond acceptors (Lipinski definition) is 1. The van der Waals surface area contributed by atoms with Crippen LogP contribution in [0.25, 0.3) is 0 Å². The highest BCUT2D eigenvalue weighted by Crippen LogP contribution is 2.75. The minimum atomic E-state index is 0.339. The fraction of sp³-hybridized carbons (Fsp3) is 1.00. The summed E-state index contributed by atoms with van der Waals surface area (Å²) in [6, 6.07) is 0. The van der Waals surface area contributed by atoms with E-state index in [-0.39, 0.29) is 0 Å². The van der Waals surface area contributed by atoms with Crippen LogP contribution in [-0.4, -0.2) is 11.7 Å². The summed E-state index contributed by atoms with van der Waals surface area (Å²) in [7, 11) is 0. The van der Waals surface area contributed by atoms with Crippen molar-refractivity contribution < 1.29 is 4.74 Å². The lowest BCUT2D eigenvalue weighted by Crippen LogP contribution is -2.47. The van der Waals surface area contributed by atoms with Crippen LogP contribution in [-0.2, 0) is 4.74 Å². The van der Waals surface area contributed by atoms with Gasteiger partial charge in [0, 0.05) is 0 Å². The molecule has 0 aromatic heterocycles. The lowest BCUT2D eigenvalue weighted by Gasteiger charge is -2.44. The van der Waals surface area contributed by atoms with E-state index in [4.69, 9.17) is 4.74 Å². The molecule has 8 unspecified atom stereocenters. The van der Waals surface area contributed by atoms with E-state index in [1.54, 1.807) is 0 Å². The third-order valence-corrected chi connectivity index (χ3v) is 6.67. The SMILES string of the molecule is CC12OC3CC4CC3C3C4C1CCC32. The van der Waals surface area contributed by atoms with Crippen molar-refractivity contribution in [1.82, 2.24) is 0 Å². The zero-order valence-corrected chi connectivity index (χ0v) is 8.78. The van der Waals surface area contributed by atoms with Gasteiger partial charge in [-0.1, -0.05) is 0 Å². The second kappa shape index (κ2) is 1.81. The van der Waals surface area contributed by atoms with Crippen LogP contribution >= 0.6 is 0 Å². The molecular formula is C13H18O. The lowest BCUT2D eigenvalue weighted by atomic mass is 9.70. The molecule has 1 saturated heterocycles. The normalized spacial score (nSPS) is 76.5. The fourth-order valence-corrected chi connectivity index (χ4v) is 6.55. The third-order valence-electron chi connectivity index (χ3n) is 6.67. The van der Waals surface area contributed by atoms with Gasteiger partial charge in [-0.3, -0.25) is 0 Å². The van der Waals surface area contributed by atoms with Gasteiger partial charge < -0.3 is 4.74 Å². The molecule has 0 spiro atoms. The molecule has 4 aliphatic carbocycles. The number of hydrogen-bond donors (Lipinski definition) is 0. The van der Waals surface area contributed by atoms with E-state index in [1.165, 1.54) is 25.7 Å². The minimum absolute atomic E-state index is 0.339. The van der Waals surface area contributed by atoms with Crippen molar-refractivity contribution in [2.45, 2.75) is 44.3 Å². The highest BCUT2D eigenvalue weighted by atomic mass is 16.5. The predicted molar refractivity (Wildman–Crippen MR) is 52.7 cm³/mol. The molecule has 76 valence electrons. The zero-order chi connectivity index (χ0) is 9.08. The van der Waals surface area contributed by atoms with Gasteiger partial charge in [0.15, 0.2) is 0 Å². The Hall–Kier alpha value is -0.0400. The van der Waals surface area contributed by atoms with Crippen LogP contribution in [0, 0.1) is 35.5 Å². The van der Waals surface area contributed by atoms with Crippen LogP contribution in [0.5, 0.6) is 0 Å². The summed E-state index contributed by atoms with van der Waals surface area (Å²) >= 11 is 0. The van der Waals surface area contributed by atoms with Crippen molar-refractivity contribution in [3.05, 3.63) is 0 Å². The summed E-state index contributed by atoms with van der Waals surface area (Å²) in [6.07, 6.45) is 6.61. The molecule has 1 heteroatoms. The van der Waals surface area contributed by atoms with Gasteiger partial charge in [-0.15, -0.1) is 0 Å². The van der Waals surface area contributed by atoms with E-state index >= 15 is 0 Å². The van der Waals surface area contributed by atoms with Gasteiger partial charge in [0.2, 0.25) is 0 Å². The van der Waals surface area contributed by atoms with E-state index in [1.807, 2.05) is 0 Å². The smallest absolute Gasteiger partial charge is 0.0720 e. The molecule has 0 aromatic rings. The number of fused-ring (bicyclic) bond motifs is 3. The molecule has 0 N–H and O–H groups in total.